The second kappa shape index (κ2) is 11.1. The third-order valence-electron chi connectivity index (χ3n) is 5.51. The van der Waals surface area contributed by atoms with E-state index in [1.807, 2.05) is 41.8 Å². The molecule has 2 N–H and O–H groups in total. The lowest BCUT2D eigenvalue weighted by Crippen LogP contribution is -2.48. The quantitative estimate of drug-likeness (QED) is 0.619. The van der Waals surface area contributed by atoms with Crippen molar-refractivity contribution in [2.75, 3.05) is 19.6 Å². The van der Waals surface area contributed by atoms with Crippen molar-refractivity contribution < 1.29 is 9.59 Å². The summed E-state index contributed by atoms with van der Waals surface area (Å²) in [5, 5.41) is 7.81. The second-order valence-electron chi connectivity index (χ2n) is 7.72. The van der Waals surface area contributed by atoms with Crippen LogP contribution in [-0.2, 0) is 11.2 Å². The lowest BCUT2D eigenvalue weighted by molar-refractivity contribution is -0.122. The van der Waals surface area contributed by atoms with Crippen molar-refractivity contribution in [1.29, 1.82) is 0 Å². The summed E-state index contributed by atoms with van der Waals surface area (Å²) in [7, 11) is 0. The van der Waals surface area contributed by atoms with Gasteiger partial charge in [0.2, 0.25) is 5.91 Å². The number of nitrogens with one attached hydrogen (secondary N) is 2. The van der Waals surface area contributed by atoms with Gasteiger partial charge in [-0.05, 0) is 49.7 Å². The molecule has 1 aliphatic heterocycles. The van der Waals surface area contributed by atoms with Gasteiger partial charge < -0.3 is 15.5 Å². The van der Waals surface area contributed by atoms with Gasteiger partial charge in [-0.25, -0.2) is 0 Å². The predicted octanol–water partition coefficient (Wildman–Crippen LogP) is 3.47. The molecule has 2 aromatic rings. The van der Waals surface area contributed by atoms with Gasteiger partial charge in [0.15, 0.2) is 0 Å². The molecule has 5 nitrogen and oxygen atoms in total. The lowest BCUT2D eigenvalue weighted by Gasteiger charge is -2.33. The number of amides is 2. The summed E-state index contributed by atoms with van der Waals surface area (Å²) in [6.45, 7) is 5.07. The zero-order chi connectivity index (χ0) is 20.5. The third-order valence-corrected chi connectivity index (χ3v) is 6.38. The van der Waals surface area contributed by atoms with Gasteiger partial charge in [-0.1, -0.05) is 42.8 Å². The molecule has 156 valence electrons. The Labute approximate surface area is 177 Å². The van der Waals surface area contributed by atoms with Crippen LogP contribution >= 0.6 is 11.3 Å². The first kappa shape index (κ1) is 21.5. The maximum absolute atomic E-state index is 12.8. The zero-order valence-electron chi connectivity index (χ0n) is 17.1. The van der Waals surface area contributed by atoms with Crippen molar-refractivity contribution in [3.63, 3.8) is 0 Å². The number of hydrogen-bond acceptors (Lipinski definition) is 4. The van der Waals surface area contributed by atoms with E-state index >= 15 is 0 Å². The lowest BCUT2D eigenvalue weighted by atomic mass is 10.0. The average molecular weight is 414 g/mol. The topological polar surface area (TPSA) is 61.4 Å². The Bertz CT molecular complexity index is 764. The Morgan fingerprint density at radius 1 is 1.17 bits per heavy atom. The molecule has 2 heterocycles. The Hall–Kier alpha value is -2.18. The van der Waals surface area contributed by atoms with Crippen LogP contribution in [0.25, 0.3) is 0 Å². The monoisotopic (exact) mass is 413 g/mol. The molecule has 0 bridgehead atoms. The summed E-state index contributed by atoms with van der Waals surface area (Å²) >= 11 is 1.38. The molecule has 1 saturated heterocycles. The molecule has 1 aliphatic rings. The minimum atomic E-state index is -0.582. The molecular formula is C23H31N3O2S. The van der Waals surface area contributed by atoms with Crippen molar-refractivity contribution in [3.8, 4) is 0 Å². The number of nitrogens with zero attached hydrogens (tertiary/aromatic N) is 1. The van der Waals surface area contributed by atoms with Crippen LogP contribution < -0.4 is 10.6 Å². The van der Waals surface area contributed by atoms with Crippen LogP contribution in [0.1, 0.15) is 47.8 Å². The minimum Gasteiger partial charge on any atom is -0.354 e. The number of hydrogen-bond donors (Lipinski definition) is 2. The summed E-state index contributed by atoms with van der Waals surface area (Å²) in [5.74, 6) is -0.316. The zero-order valence-corrected chi connectivity index (χ0v) is 17.9. The van der Waals surface area contributed by atoms with E-state index in [2.05, 4.69) is 22.5 Å². The molecule has 0 saturated carbocycles. The van der Waals surface area contributed by atoms with Crippen LogP contribution in [0.5, 0.6) is 0 Å². The van der Waals surface area contributed by atoms with Gasteiger partial charge in [0, 0.05) is 25.6 Å². The first-order valence-corrected chi connectivity index (χ1v) is 11.4. The first-order valence-electron chi connectivity index (χ1n) is 10.5. The van der Waals surface area contributed by atoms with Gasteiger partial charge in [-0.15, -0.1) is 11.3 Å². The maximum Gasteiger partial charge on any atom is 0.262 e. The van der Waals surface area contributed by atoms with Crippen LogP contribution in [0.4, 0.5) is 0 Å². The third kappa shape index (κ3) is 6.68. The molecule has 29 heavy (non-hydrogen) atoms. The summed E-state index contributed by atoms with van der Waals surface area (Å²) in [5.41, 5.74) is 1.03. The molecule has 2 unspecified atom stereocenters. The largest absolute Gasteiger partial charge is 0.354 e. The van der Waals surface area contributed by atoms with Crippen LogP contribution in [0.2, 0.25) is 0 Å². The van der Waals surface area contributed by atoms with E-state index in [1.165, 1.54) is 30.6 Å². The van der Waals surface area contributed by atoms with Crippen molar-refractivity contribution in [1.82, 2.24) is 15.5 Å². The number of carbonyl (C=O) groups excluding carboxylic acids is 2. The highest BCUT2D eigenvalue weighted by molar-refractivity contribution is 7.12. The maximum atomic E-state index is 12.8. The molecule has 1 fully saturated rings. The molecular weight excluding hydrogens is 382 g/mol. The van der Waals surface area contributed by atoms with Crippen molar-refractivity contribution >= 4 is 23.2 Å². The van der Waals surface area contributed by atoms with E-state index in [9.17, 15) is 9.59 Å². The summed E-state index contributed by atoms with van der Waals surface area (Å²) in [6, 6.07) is 13.5. The van der Waals surface area contributed by atoms with E-state index < -0.39 is 6.04 Å². The van der Waals surface area contributed by atoms with Crippen LogP contribution in [0.15, 0.2) is 47.8 Å². The second-order valence-corrected chi connectivity index (χ2v) is 8.67. The Morgan fingerprint density at radius 3 is 2.72 bits per heavy atom. The molecule has 1 aromatic heterocycles. The van der Waals surface area contributed by atoms with Gasteiger partial charge in [-0.2, -0.15) is 0 Å². The summed E-state index contributed by atoms with van der Waals surface area (Å²) in [4.78, 5) is 28.5. The van der Waals surface area contributed by atoms with Gasteiger partial charge in [0.25, 0.3) is 5.91 Å². The summed E-state index contributed by atoms with van der Waals surface area (Å²) in [6.07, 6.45) is 5.25. The van der Waals surface area contributed by atoms with Crippen LogP contribution in [0.3, 0.4) is 0 Å². The first-order chi connectivity index (χ1) is 14.1. The Kier molecular flexibility index (Phi) is 8.25. The Morgan fingerprint density at radius 2 is 2.00 bits per heavy atom. The highest BCUT2D eigenvalue weighted by Gasteiger charge is 2.22. The van der Waals surface area contributed by atoms with E-state index in [-0.39, 0.29) is 11.8 Å². The van der Waals surface area contributed by atoms with Crippen molar-refractivity contribution in [2.45, 2.75) is 51.1 Å². The normalized spacial score (nSPS) is 18.2. The predicted molar refractivity (Wildman–Crippen MR) is 118 cm³/mol. The minimum absolute atomic E-state index is 0.120. The number of piperidine rings is 1. The number of benzene rings is 1. The van der Waals surface area contributed by atoms with Gasteiger partial charge in [0.05, 0.1) is 4.88 Å². The smallest absolute Gasteiger partial charge is 0.262 e. The van der Waals surface area contributed by atoms with Crippen molar-refractivity contribution in [2.24, 2.45) is 0 Å². The molecule has 3 rings (SSSR count). The molecule has 0 radical (unpaired) electrons. The fraction of sp³-hybridized carbons (Fsp3) is 0.478. The van der Waals surface area contributed by atoms with Crippen molar-refractivity contribution in [3.05, 3.63) is 58.3 Å². The molecule has 0 aliphatic carbocycles. The van der Waals surface area contributed by atoms with Crippen LogP contribution in [0, 0.1) is 0 Å². The van der Waals surface area contributed by atoms with Gasteiger partial charge in [-0.3, -0.25) is 9.59 Å². The molecule has 6 heteroatoms. The number of rotatable bonds is 9. The highest BCUT2D eigenvalue weighted by atomic mass is 32.1. The average Bonchev–Trinajstić information content (AvgIpc) is 3.27. The van der Waals surface area contributed by atoms with E-state index in [4.69, 9.17) is 0 Å². The van der Waals surface area contributed by atoms with E-state index in [0.717, 1.165) is 25.1 Å². The number of likely N-dealkylation sites (tertiary alicyclic amines) is 1. The number of thiophene rings is 1. The molecule has 0 spiro atoms. The molecule has 2 atom stereocenters. The number of carbonyl (C=O) groups is 2. The fourth-order valence-corrected chi connectivity index (χ4v) is 4.43. The van der Waals surface area contributed by atoms with E-state index in [0.29, 0.717) is 23.9 Å². The van der Waals surface area contributed by atoms with Gasteiger partial charge >= 0.3 is 0 Å². The molecule has 2 amide bonds. The van der Waals surface area contributed by atoms with E-state index in [1.54, 1.807) is 6.07 Å². The van der Waals surface area contributed by atoms with Gasteiger partial charge in [0.1, 0.15) is 6.04 Å². The SMILES string of the molecule is CC1CCCCN1CCCNC(=O)C(Cc1ccccc1)NC(=O)c1cccs1. The summed E-state index contributed by atoms with van der Waals surface area (Å²) < 4.78 is 0. The highest BCUT2D eigenvalue weighted by Crippen LogP contribution is 2.16. The fourth-order valence-electron chi connectivity index (χ4n) is 3.80. The Balaban J connectivity index is 1.52. The van der Waals surface area contributed by atoms with Crippen LogP contribution in [-0.4, -0.2) is 48.4 Å². The standard InChI is InChI=1S/C23H31N3O2S/c1-18-9-5-6-14-26(18)15-8-13-24-22(27)20(17-19-10-3-2-4-11-19)25-23(28)21-12-7-16-29-21/h2-4,7,10-12,16,18,20H,5-6,8-9,13-15,17H2,1H3,(H,24,27)(H,25,28). The molecule has 1 aromatic carbocycles.